The molecule has 0 radical (unpaired) electrons. The molecule has 294 valence electrons. The van der Waals surface area contributed by atoms with Crippen LogP contribution in [0.4, 0.5) is 34.1 Å². The number of nitrogens with zero attached hydrogens (tertiary/aromatic N) is 4. The third-order valence-electron chi connectivity index (χ3n) is 14.2. The lowest BCUT2D eigenvalue weighted by atomic mass is 9.74. The van der Waals surface area contributed by atoms with Gasteiger partial charge in [0.15, 0.2) is 0 Å². The third kappa shape index (κ3) is 5.25. The normalized spacial score (nSPS) is 16.2. The SMILES string of the molecule is N#Cc1c(C#N)c(N(c2ccccc2)c2ccc3c(c2)oc2ccccc23)c2c(c1N(c1ccccc1)c1ccc3c(c1)oc1ccccc13)C1(CCCC1)CC21CCCC1. The molecule has 6 heteroatoms. The Balaban J connectivity index is 1.21. The predicted octanol–water partition coefficient (Wildman–Crippen LogP) is 15.2. The van der Waals surface area contributed by atoms with E-state index >= 15 is 0 Å². The summed E-state index contributed by atoms with van der Waals surface area (Å²) in [6.45, 7) is 0. The highest BCUT2D eigenvalue weighted by Crippen LogP contribution is 2.68. The van der Waals surface area contributed by atoms with Crippen LogP contribution in [0.2, 0.25) is 0 Å². The maximum atomic E-state index is 11.7. The van der Waals surface area contributed by atoms with Crippen molar-refractivity contribution in [2.45, 2.75) is 68.6 Å². The maximum Gasteiger partial charge on any atom is 0.137 e. The van der Waals surface area contributed by atoms with Crippen molar-refractivity contribution in [1.82, 2.24) is 0 Å². The van der Waals surface area contributed by atoms with Crippen LogP contribution in [0.3, 0.4) is 0 Å². The van der Waals surface area contributed by atoms with E-state index in [9.17, 15) is 10.5 Å². The molecular formula is C55H42N4O2. The van der Waals surface area contributed by atoms with Gasteiger partial charge in [-0.25, -0.2) is 0 Å². The van der Waals surface area contributed by atoms with Gasteiger partial charge < -0.3 is 18.6 Å². The van der Waals surface area contributed by atoms with Gasteiger partial charge in [0, 0.05) is 56.4 Å². The first-order valence-corrected chi connectivity index (χ1v) is 21.7. The molecule has 0 bridgehead atoms. The number of hydrogen-bond acceptors (Lipinski definition) is 6. The summed E-state index contributed by atoms with van der Waals surface area (Å²) in [6.07, 6.45) is 9.74. The number of benzene rings is 7. The fourth-order valence-electron chi connectivity index (χ4n) is 11.9. The van der Waals surface area contributed by atoms with Crippen molar-refractivity contribution in [2.24, 2.45) is 0 Å². The molecule has 2 saturated carbocycles. The van der Waals surface area contributed by atoms with Gasteiger partial charge in [0.05, 0.1) is 22.5 Å². The highest BCUT2D eigenvalue weighted by molar-refractivity contribution is 6.08. The van der Waals surface area contributed by atoms with Crippen LogP contribution in [0.15, 0.2) is 154 Å². The lowest BCUT2D eigenvalue weighted by molar-refractivity contribution is 0.324. The maximum absolute atomic E-state index is 11.7. The Labute approximate surface area is 354 Å². The largest absolute Gasteiger partial charge is 0.456 e. The molecule has 2 spiro atoms. The quantitative estimate of drug-likeness (QED) is 0.167. The van der Waals surface area contributed by atoms with Gasteiger partial charge in [-0.15, -0.1) is 0 Å². The molecule has 61 heavy (non-hydrogen) atoms. The molecule has 0 N–H and O–H groups in total. The van der Waals surface area contributed by atoms with Gasteiger partial charge in [-0.05, 0) is 115 Å². The lowest BCUT2D eigenvalue weighted by Crippen LogP contribution is -2.25. The van der Waals surface area contributed by atoms with Crippen LogP contribution in [-0.4, -0.2) is 0 Å². The number of fused-ring (bicyclic) bond motifs is 9. The van der Waals surface area contributed by atoms with E-state index in [1.165, 1.54) is 11.1 Å². The molecule has 3 aliphatic carbocycles. The van der Waals surface area contributed by atoms with Crippen LogP contribution in [-0.2, 0) is 10.8 Å². The monoisotopic (exact) mass is 790 g/mol. The smallest absolute Gasteiger partial charge is 0.137 e. The Bertz CT molecular complexity index is 3060. The Hall–Kier alpha value is -7.28. The number of rotatable bonds is 6. The van der Waals surface area contributed by atoms with Gasteiger partial charge in [-0.3, -0.25) is 0 Å². The van der Waals surface area contributed by atoms with E-state index in [2.05, 4.69) is 119 Å². The summed E-state index contributed by atoms with van der Waals surface area (Å²) < 4.78 is 13.0. The van der Waals surface area contributed by atoms with Crippen LogP contribution in [0.1, 0.15) is 80.0 Å². The van der Waals surface area contributed by atoms with Crippen molar-refractivity contribution in [2.75, 3.05) is 9.80 Å². The second-order valence-electron chi connectivity index (χ2n) is 17.5. The molecule has 12 rings (SSSR count). The minimum Gasteiger partial charge on any atom is -0.456 e. The fourth-order valence-corrected chi connectivity index (χ4v) is 11.9. The van der Waals surface area contributed by atoms with Crippen LogP contribution < -0.4 is 9.80 Å². The van der Waals surface area contributed by atoms with Crippen LogP contribution in [0.25, 0.3) is 43.9 Å². The van der Waals surface area contributed by atoms with E-state index < -0.39 is 0 Å². The van der Waals surface area contributed by atoms with Crippen molar-refractivity contribution in [3.8, 4) is 12.1 Å². The zero-order valence-electron chi connectivity index (χ0n) is 33.8. The number of furan rings is 2. The highest BCUT2D eigenvalue weighted by Gasteiger charge is 2.58. The molecule has 2 fully saturated rings. The first kappa shape index (κ1) is 35.6. The zero-order chi connectivity index (χ0) is 40.7. The molecule has 0 saturated heterocycles. The average Bonchev–Trinajstić information content (AvgIpc) is 4.15. The van der Waals surface area contributed by atoms with Crippen molar-refractivity contribution in [1.29, 1.82) is 10.5 Å². The van der Waals surface area contributed by atoms with Crippen molar-refractivity contribution < 1.29 is 8.83 Å². The Morgan fingerprint density at radius 1 is 0.410 bits per heavy atom. The van der Waals surface area contributed by atoms with Gasteiger partial charge in [-0.1, -0.05) is 98.5 Å². The lowest BCUT2D eigenvalue weighted by Gasteiger charge is -2.37. The minimum absolute atomic E-state index is 0.162. The van der Waals surface area contributed by atoms with E-state index in [-0.39, 0.29) is 10.8 Å². The van der Waals surface area contributed by atoms with E-state index in [0.717, 1.165) is 136 Å². The summed E-state index contributed by atoms with van der Waals surface area (Å²) in [5.74, 6) is 0. The summed E-state index contributed by atoms with van der Waals surface area (Å²) >= 11 is 0. The number of hydrogen-bond donors (Lipinski definition) is 0. The predicted molar refractivity (Wildman–Crippen MR) is 245 cm³/mol. The molecule has 0 amide bonds. The third-order valence-corrected chi connectivity index (χ3v) is 14.2. The number of anilines is 6. The molecule has 0 atom stereocenters. The number of nitriles is 2. The average molecular weight is 791 g/mol. The highest BCUT2D eigenvalue weighted by atomic mass is 16.3. The topological polar surface area (TPSA) is 80.3 Å². The van der Waals surface area contributed by atoms with Crippen LogP contribution >= 0.6 is 0 Å². The minimum atomic E-state index is -0.162. The second-order valence-corrected chi connectivity index (χ2v) is 17.5. The molecule has 3 aliphatic rings. The van der Waals surface area contributed by atoms with Crippen molar-refractivity contribution in [3.63, 3.8) is 0 Å². The summed E-state index contributed by atoms with van der Waals surface area (Å²) in [4.78, 5) is 4.55. The molecular weight excluding hydrogens is 749 g/mol. The first-order valence-electron chi connectivity index (χ1n) is 21.7. The number of para-hydroxylation sites is 4. The van der Waals surface area contributed by atoms with Crippen molar-refractivity contribution in [3.05, 3.63) is 168 Å². The summed E-state index contributed by atoms with van der Waals surface area (Å²) in [6, 6.07) is 55.4. The summed E-state index contributed by atoms with van der Waals surface area (Å²) in [7, 11) is 0. The van der Waals surface area contributed by atoms with Gasteiger partial charge in [0.2, 0.25) is 0 Å². The standard InChI is InChI=1S/C55H42N4O2/c56-33-44-45(34-57)53(59(37-17-5-2-6-18-37)39-24-26-43-41-20-8-10-22-47(41)61-49(43)32-39)51-50(54(27-11-12-28-54)35-55(51)29-13-14-30-55)52(44)58(36-15-3-1-4-16-36)38-23-25-42-40-19-7-9-21-46(40)60-48(42)31-38/h1-10,15-26,31-32H,11-14,27-30,35H2. The molecule has 9 aromatic rings. The van der Waals surface area contributed by atoms with Gasteiger partial charge >= 0.3 is 0 Å². The zero-order valence-corrected chi connectivity index (χ0v) is 33.8. The molecule has 6 nitrogen and oxygen atoms in total. The molecule has 2 aromatic heterocycles. The molecule has 0 unspecified atom stereocenters. The van der Waals surface area contributed by atoms with E-state index in [4.69, 9.17) is 8.83 Å². The summed E-state index contributed by atoms with van der Waals surface area (Å²) in [5.41, 5.74) is 11.5. The Morgan fingerprint density at radius 2 is 0.787 bits per heavy atom. The van der Waals surface area contributed by atoms with Gasteiger partial charge in [-0.2, -0.15) is 10.5 Å². The van der Waals surface area contributed by atoms with Crippen molar-refractivity contribution >= 4 is 78.0 Å². The molecule has 7 aromatic carbocycles. The van der Waals surface area contributed by atoms with Gasteiger partial charge in [0.25, 0.3) is 0 Å². The van der Waals surface area contributed by atoms with E-state index in [1.54, 1.807) is 0 Å². The summed E-state index contributed by atoms with van der Waals surface area (Å²) in [5, 5.41) is 27.7. The molecule has 2 heterocycles. The fraction of sp³-hybridized carbons (Fsp3) is 0.200. The van der Waals surface area contributed by atoms with E-state index in [0.29, 0.717) is 11.1 Å². The van der Waals surface area contributed by atoms with E-state index in [1.807, 2.05) is 48.5 Å². The second kappa shape index (κ2) is 13.6. The molecule has 0 aliphatic heterocycles. The first-order chi connectivity index (χ1) is 30.1. The Morgan fingerprint density at radius 3 is 1.20 bits per heavy atom. The van der Waals surface area contributed by atoms with Crippen LogP contribution in [0, 0.1) is 22.7 Å². The Kier molecular flexibility index (Phi) is 7.96. The van der Waals surface area contributed by atoms with Crippen LogP contribution in [0.5, 0.6) is 0 Å². The van der Waals surface area contributed by atoms with Gasteiger partial charge in [0.1, 0.15) is 34.5 Å².